The number of rotatable bonds is 5. The number of amides is 1. The molecule has 0 fully saturated rings. The van der Waals surface area contributed by atoms with Gasteiger partial charge in [0, 0.05) is 16.6 Å². The maximum atomic E-state index is 11.8. The van der Waals surface area contributed by atoms with Gasteiger partial charge in [0.1, 0.15) is 0 Å². The Balaban J connectivity index is 2.00. The van der Waals surface area contributed by atoms with Crippen LogP contribution in [0.4, 0.5) is 5.69 Å². The fourth-order valence-corrected chi connectivity index (χ4v) is 2.37. The molecule has 0 radical (unpaired) electrons. The Morgan fingerprint density at radius 3 is 2.80 bits per heavy atom. The van der Waals surface area contributed by atoms with Crippen LogP contribution in [0.25, 0.3) is 6.08 Å². The van der Waals surface area contributed by atoms with E-state index in [0.29, 0.717) is 12.1 Å². The molecule has 1 aromatic heterocycles. The van der Waals surface area contributed by atoms with E-state index in [1.54, 1.807) is 24.3 Å². The summed E-state index contributed by atoms with van der Waals surface area (Å²) in [6, 6.07) is 10.9. The van der Waals surface area contributed by atoms with Gasteiger partial charge in [0.25, 0.3) is 0 Å². The standard InChI is InChI=1S/C15H13NO3S/c17-14(10-13-5-2-8-20-13)16-12-4-1-3-11(9-12)6-7-15(18)19/h1-9H,10H2,(H,16,17)(H,18,19). The average molecular weight is 287 g/mol. The SMILES string of the molecule is O=C(O)C=Cc1cccc(NC(=O)Cc2cccs2)c1. The minimum Gasteiger partial charge on any atom is -0.478 e. The molecule has 20 heavy (non-hydrogen) atoms. The zero-order valence-corrected chi connectivity index (χ0v) is 11.4. The molecular formula is C15H13NO3S. The van der Waals surface area contributed by atoms with Gasteiger partial charge in [0.05, 0.1) is 6.42 Å². The summed E-state index contributed by atoms with van der Waals surface area (Å²) in [5.74, 6) is -1.09. The molecule has 0 aliphatic heterocycles. The first-order chi connectivity index (χ1) is 9.63. The fourth-order valence-electron chi connectivity index (χ4n) is 1.66. The van der Waals surface area contributed by atoms with Crippen molar-refractivity contribution in [1.82, 2.24) is 0 Å². The van der Waals surface area contributed by atoms with Gasteiger partial charge in [0.15, 0.2) is 0 Å². The summed E-state index contributed by atoms with van der Waals surface area (Å²) in [6.45, 7) is 0. The number of anilines is 1. The Labute approximate surface area is 120 Å². The highest BCUT2D eigenvalue weighted by molar-refractivity contribution is 7.10. The van der Waals surface area contributed by atoms with Crippen LogP contribution in [-0.4, -0.2) is 17.0 Å². The molecule has 1 heterocycles. The van der Waals surface area contributed by atoms with Crippen molar-refractivity contribution in [3.05, 3.63) is 58.3 Å². The van der Waals surface area contributed by atoms with Gasteiger partial charge in [-0.2, -0.15) is 0 Å². The number of carboxylic acids is 1. The van der Waals surface area contributed by atoms with Crippen LogP contribution in [0.2, 0.25) is 0 Å². The van der Waals surface area contributed by atoms with E-state index in [-0.39, 0.29) is 5.91 Å². The van der Waals surface area contributed by atoms with Crippen LogP contribution in [-0.2, 0) is 16.0 Å². The van der Waals surface area contributed by atoms with E-state index in [1.807, 2.05) is 17.5 Å². The molecule has 0 aliphatic carbocycles. The van der Waals surface area contributed by atoms with Crippen LogP contribution in [0.3, 0.4) is 0 Å². The van der Waals surface area contributed by atoms with Crippen molar-refractivity contribution in [1.29, 1.82) is 0 Å². The molecular weight excluding hydrogens is 274 g/mol. The molecule has 0 aliphatic rings. The van der Waals surface area contributed by atoms with E-state index in [0.717, 1.165) is 16.5 Å². The van der Waals surface area contributed by atoms with E-state index < -0.39 is 5.97 Å². The van der Waals surface area contributed by atoms with Crippen molar-refractivity contribution in [3.8, 4) is 0 Å². The zero-order chi connectivity index (χ0) is 14.4. The number of thiophene rings is 1. The quantitative estimate of drug-likeness (QED) is 0.831. The zero-order valence-electron chi connectivity index (χ0n) is 10.6. The fraction of sp³-hybridized carbons (Fsp3) is 0.0667. The highest BCUT2D eigenvalue weighted by atomic mass is 32.1. The molecule has 0 unspecified atom stereocenters. The van der Waals surface area contributed by atoms with Crippen LogP contribution in [0.5, 0.6) is 0 Å². The third kappa shape index (κ3) is 4.37. The molecule has 2 N–H and O–H groups in total. The largest absolute Gasteiger partial charge is 0.478 e. The van der Waals surface area contributed by atoms with E-state index in [1.165, 1.54) is 17.4 Å². The molecule has 5 heteroatoms. The van der Waals surface area contributed by atoms with Crippen LogP contribution in [0, 0.1) is 0 Å². The lowest BCUT2D eigenvalue weighted by atomic mass is 10.2. The second-order valence-corrected chi connectivity index (χ2v) is 5.13. The third-order valence-corrected chi connectivity index (χ3v) is 3.38. The second kappa shape index (κ2) is 6.68. The molecule has 0 spiro atoms. The molecule has 1 amide bonds. The van der Waals surface area contributed by atoms with Gasteiger partial charge in [-0.05, 0) is 35.2 Å². The number of hydrogen-bond donors (Lipinski definition) is 2. The van der Waals surface area contributed by atoms with Crippen LogP contribution < -0.4 is 5.32 Å². The van der Waals surface area contributed by atoms with Crippen molar-refractivity contribution >= 4 is 35.0 Å². The summed E-state index contributed by atoms with van der Waals surface area (Å²) in [5.41, 5.74) is 1.38. The number of carboxylic acid groups (broad SMARTS) is 1. The van der Waals surface area contributed by atoms with E-state index in [4.69, 9.17) is 5.11 Å². The molecule has 102 valence electrons. The molecule has 0 saturated carbocycles. The Bertz CT molecular complexity index is 632. The number of carbonyl (C=O) groups is 2. The van der Waals surface area contributed by atoms with Crippen molar-refractivity contribution in [2.45, 2.75) is 6.42 Å². The Kier molecular flexibility index (Phi) is 4.68. The van der Waals surface area contributed by atoms with Crippen molar-refractivity contribution < 1.29 is 14.7 Å². The molecule has 2 aromatic rings. The highest BCUT2D eigenvalue weighted by Gasteiger charge is 2.04. The van der Waals surface area contributed by atoms with Gasteiger partial charge in [-0.15, -0.1) is 11.3 Å². The number of benzene rings is 1. The lowest BCUT2D eigenvalue weighted by Gasteiger charge is -2.05. The first kappa shape index (κ1) is 14.0. The number of carbonyl (C=O) groups excluding carboxylic acids is 1. The lowest BCUT2D eigenvalue weighted by Crippen LogP contribution is -2.13. The lowest BCUT2D eigenvalue weighted by molar-refractivity contribution is -0.131. The monoisotopic (exact) mass is 287 g/mol. The Hall–Kier alpha value is -2.40. The van der Waals surface area contributed by atoms with Gasteiger partial charge in [-0.3, -0.25) is 4.79 Å². The maximum absolute atomic E-state index is 11.8. The predicted molar refractivity (Wildman–Crippen MR) is 79.8 cm³/mol. The number of aliphatic carboxylic acids is 1. The van der Waals surface area contributed by atoms with E-state index in [2.05, 4.69) is 5.32 Å². The minimum atomic E-state index is -1.00. The summed E-state index contributed by atoms with van der Waals surface area (Å²) in [7, 11) is 0. The first-order valence-electron chi connectivity index (χ1n) is 5.97. The van der Waals surface area contributed by atoms with Gasteiger partial charge >= 0.3 is 5.97 Å². The van der Waals surface area contributed by atoms with Crippen molar-refractivity contribution in [2.24, 2.45) is 0 Å². The molecule has 0 bridgehead atoms. The van der Waals surface area contributed by atoms with Gasteiger partial charge in [-0.25, -0.2) is 4.79 Å². The third-order valence-electron chi connectivity index (χ3n) is 2.50. The highest BCUT2D eigenvalue weighted by Crippen LogP contribution is 2.14. The minimum absolute atomic E-state index is 0.0909. The van der Waals surface area contributed by atoms with Crippen molar-refractivity contribution in [3.63, 3.8) is 0 Å². The number of nitrogens with one attached hydrogen (secondary N) is 1. The van der Waals surface area contributed by atoms with Crippen LogP contribution in [0.15, 0.2) is 47.9 Å². The summed E-state index contributed by atoms with van der Waals surface area (Å²) in [4.78, 5) is 23.3. The van der Waals surface area contributed by atoms with Crippen LogP contribution in [0.1, 0.15) is 10.4 Å². The van der Waals surface area contributed by atoms with Gasteiger partial charge < -0.3 is 10.4 Å². The smallest absolute Gasteiger partial charge is 0.328 e. The molecule has 0 atom stereocenters. The van der Waals surface area contributed by atoms with Gasteiger partial charge in [0.2, 0.25) is 5.91 Å². The molecule has 1 aromatic carbocycles. The topological polar surface area (TPSA) is 66.4 Å². The Morgan fingerprint density at radius 2 is 2.10 bits per heavy atom. The number of hydrogen-bond acceptors (Lipinski definition) is 3. The summed E-state index contributed by atoms with van der Waals surface area (Å²) < 4.78 is 0. The summed E-state index contributed by atoms with van der Waals surface area (Å²) in [6.07, 6.45) is 2.89. The summed E-state index contributed by atoms with van der Waals surface area (Å²) in [5, 5.41) is 13.3. The van der Waals surface area contributed by atoms with Crippen molar-refractivity contribution in [2.75, 3.05) is 5.32 Å². The van der Waals surface area contributed by atoms with Crippen LogP contribution >= 0.6 is 11.3 Å². The van der Waals surface area contributed by atoms with E-state index in [9.17, 15) is 9.59 Å². The second-order valence-electron chi connectivity index (χ2n) is 4.10. The molecule has 0 saturated heterocycles. The molecule has 4 nitrogen and oxygen atoms in total. The maximum Gasteiger partial charge on any atom is 0.328 e. The first-order valence-corrected chi connectivity index (χ1v) is 6.85. The van der Waals surface area contributed by atoms with E-state index >= 15 is 0 Å². The normalized spacial score (nSPS) is 10.6. The predicted octanol–water partition coefficient (Wildman–Crippen LogP) is 3.03. The average Bonchev–Trinajstić information content (AvgIpc) is 2.89. The summed E-state index contributed by atoms with van der Waals surface area (Å²) >= 11 is 1.54. The Morgan fingerprint density at radius 1 is 1.25 bits per heavy atom. The van der Waals surface area contributed by atoms with Gasteiger partial charge in [-0.1, -0.05) is 18.2 Å². The molecule has 2 rings (SSSR count).